The number of hydrogen-bond donors (Lipinski definition) is 2. The molecule has 2 N–H and O–H groups in total. The lowest BCUT2D eigenvalue weighted by Crippen LogP contribution is -2.49. The third-order valence-electron chi connectivity index (χ3n) is 5.92. The van der Waals surface area contributed by atoms with Crippen LogP contribution in [0.5, 0.6) is 0 Å². The number of aromatic nitrogens is 3. The predicted octanol–water partition coefficient (Wildman–Crippen LogP) is 2.33. The normalized spacial score (nSPS) is 18.4. The van der Waals surface area contributed by atoms with Gasteiger partial charge in [0.25, 0.3) is 0 Å². The maximum absolute atomic E-state index is 12.8. The van der Waals surface area contributed by atoms with Gasteiger partial charge in [0, 0.05) is 40.2 Å². The van der Waals surface area contributed by atoms with Crippen molar-refractivity contribution in [3.8, 4) is 0 Å². The molecule has 8 nitrogen and oxygen atoms in total. The van der Waals surface area contributed by atoms with Crippen molar-refractivity contribution in [3.63, 3.8) is 0 Å². The summed E-state index contributed by atoms with van der Waals surface area (Å²) in [5.74, 6) is 2.97. The van der Waals surface area contributed by atoms with Gasteiger partial charge in [-0.05, 0) is 32.6 Å². The molecule has 0 saturated heterocycles. The second-order valence-electron chi connectivity index (χ2n) is 8.23. The van der Waals surface area contributed by atoms with E-state index >= 15 is 0 Å². The topological polar surface area (TPSA) is 87.4 Å². The molecular formula is C20H36IN7O. The number of fused-ring (bicyclic) bond motifs is 1. The van der Waals surface area contributed by atoms with Crippen molar-refractivity contribution in [2.75, 3.05) is 27.2 Å². The van der Waals surface area contributed by atoms with Gasteiger partial charge in [0.1, 0.15) is 12.4 Å². The summed E-state index contributed by atoms with van der Waals surface area (Å²) < 4.78 is 2.23. The average Bonchev–Trinajstić information content (AvgIpc) is 3.25. The number of hydrogen-bond acceptors (Lipinski definition) is 4. The third kappa shape index (κ3) is 5.82. The minimum absolute atomic E-state index is 0. The highest BCUT2D eigenvalue weighted by molar-refractivity contribution is 14.0. The third-order valence-corrected chi connectivity index (χ3v) is 5.92. The molecular weight excluding hydrogens is 481 g/mol. The second-order valence-corrected chi connectivity index (χ2v) is 8.23. The Hall–Kier alpha value is -1.39. The number of nitrogens with zero attached hydrogens (tertiary/aromatic N) is 5. The number of carbonyl (C=O) groups excluding carboxylic acids is 1. The molecule has 9 heteroatoms. The minimum atomic E-state index is -0.314. The van der Waals surface area contributed by atoms with E-state index in [2.05, 4.69) is 32.3 Å². The van der Waals surface area contributed by atoms with Crippen molar-refractivity contribution in [2.24, 2.45) is 10.4 Å². The fourth-order valence-electron chi connectivity index (χ4n) is 4.40. The van der Waals surface area contributed by atoms with E-state index < -0.39 is 0 Å². The molecule has 1 aromatic rings. The fraction of sp³-hybridized carbons (Fsp3) is 0.800. The van der Waals surface area contributed by atoms with Crippen LogP contribution in [0, 0.1) is 5.41 Å². The van der Waals surface area contributed by atoms with Gasteiger partial charge in [0.2, 0.25) is 5.91 Å². The number of nitrogens with one attached hydrogen (secondary N) is 2. The monoisotopic (exact) mass is 517 g/mol. The molecule has 1 aliphatic heterocycles. The van der Waals surface area contributed by atoms with Gasteiger partial charge >= 0.3 is 0 Å². The van der Waals surface area contributed by atoms with Gasteiger partial charge in [0.15, 0.2) is 11.8 Å². The number of aryl methyl sites for hydroxylation is 1. The first-order chi connectivity index (χ1) is 13.6. The summed E-state index contributed by atoms with van der Waals surface area (Å²) in [6.07, 6.45) is 8.72. The van der Waals surface area contributed by atoms with Crippen molar-refractivity contribution in [2.45, 2.75) is 71.4 Å². The van der Waals surface area contributed by atoms with E-state index in [0.717, 1.165) is 62.8 Å². The lowest BCUT2D eigenvalue weighted by molar-refractivity contribution is -0.138. The maximum Gasteiger partial charge on any atom is 0.230 e. The van der Waals surface area contributed by atoms with E-state index in [4.69, 9.17) is 4.99 Å². The van der Waals surface area contributed by atoms with Crippen LogP contribution in [0.25, 0.3) is 0 Å². The zero-order valence-corrected chi connectivity index (χ0v) is 20.4. The molecule has 0 unspecified atom stereocenters. The van der Waals surface area contributed by atoms with Crippen LogP contribution in [-0.4, -0.2) is 58.7 Å². The quantitative estimate of drug-likeness (QED) is 0.344. The molecule has 2 heterocycles. The van der Waals surface area contributed by atoms with Crippen LogP contribution in [-0.2, 0) is 24.3 Å². The molecule has 0 radical (unpaired) electrons. The van der Waals surface area contributed by atoms with Gasteiger partial charge in [-0.15, -0.1) is 34.2 Å². The minimum Gasteiger partial charge on any atom is -0.357 e. The number of amides is 1. The Labute approximate surface area is 191 Å². The number of rotatable bonds is 6. The van der Waals surface area contributed by atoms with E-state index in [1.807, 2.05) is 14.1 Å². The van der Waals surface area contributed by atoms with Crippen molar-refractivity contribution < 1.29 is 4.79 Å². The number of aliphatic imine (C=N–C) groups is 1. The summed E-state index contributed by atoms with van der Waals surface area (Å²) in [6, 6.07) is 0. The maximum atomic E-state index is 12.8. The molecule has 1 amide bonds. The van der Waals surface area contributed by atoms with Crippen molar-refractivity contribution >= 4 is 35.8 Å². The van der Waals surface area contributed by atoms with Gasteiger partial charge < -0.3 is 20.1 Å². The summed E-state index contributed by atoms with van der Waals surface area (Å²) in [7, 11) is 3.69. The molecule has 1 fully saturated rings. The highest BCUT2D eigenvalue weighted by Gasteiger charge is 2.42. The summed E-state index contributed by atoms with van der Waals surface area (Å²) in [4.78, 5) is 19.2. The van der Waals surface area contributed by atoms with E-state index in [1.165, 1.54) is 19.3 Å². The summed E-state index contributed by atoms with van der Waals surface area (Å²) in [6.45, 7) is 4.93. The van der Waals surface area contributed by atoms with E-state index in [-0.39, 0.29) is 35.3 Å². The molecule has 0 aromatic carbocycles. The van der Waals surface area contributed by atoms with E-state index in [0.29, 0.717) is 13.1 Å². The highest BCUT2D eigenvalue weighted by Crippen LogP contribution is 2.38. The van der Waals surface area contributed by atoms with Crippen LogP contribution in [0.4, 0.5) is 0 Å². The Bertz CT molecular complexity index is 695. The Morgan fingerprint density at radius 2 is 1.90 bits per heavy atom. The molecule has 0 bridgehead atoms. The molecule has 0 spiro atoms. The van der Waals surface area contributed by atoms with Gasteiger partial charge in [-0.2, -0.15) is 0 Å². The second kappa shape index (κ2) is 11.1. The average molecular weight is 517 g/mol. The standard InChI is InChI=1S/C20H35N7O.HI/c1-4-21-19(23-15-20(11-7-8-12-20)18(28)26(2)3)22-14-17-25-24-16-10-6-5-9-13-27(16)17;/h4-15H2,1-3H3,(H2,21,22,23);1H. The van der Waals surface area contributed by atoms with Crippen LogP contribution in [0.3, 0.4) is 0 Å². The number of halogens is 1. The molecule has 1 aromatic heterocycles. The number of carbonyl (C=O) groups is 1. The van der Waals surface area contributed by atoms with Crippen molar-refractivity contribution in [3.05, 3.63) is 11.6 Å². The van der Waals surface area contributed by atoms with Gasteiger partial charge in [-0.3, -0.25) is 4.79 Å². The first kappa shape index (κ1) is 23.9. The van der Waals surface area contributed by atoms with E-state index in [1.54, 1.807) is 4.90 Å². The summed E-state index contributed by atoms with van der Waals surface area (Å²) in [5.41, 5.74) is -0.314. The fourth-order valence-corrected chi connectivity index (χ4v) is 4.40. The SMILES string of the molecule is CCNC(=NCc1nnc2n1CCCCC2)NCC1(C(=O)N(C)C)CCCC1.I. The predicted molar refractivity (Wildman–Crippen MR) is 125 cm³/mol. The van der Waals surface area contributed by atoms with Gasteiger partial charge in [-0.25, -0.2) is 4.99 Å². The lowest BCUT2D eigenvalue weighted by atomic mass is 9.84. The molecule has 164 valence electrons. The number of guanidine groups is 1. The lowest BCUT2D eigenvalue weighted by Gasteiger charge is -2.31. The Balaban J connectivity index is 0.00000300. The molecule has 1 aliphatic carbocycles. The molecule has 0 atom stereocenters. The van der Waals surface area contributed by atoms with E-state index in [9.17, 15) is 4.79 Å². The van der Waals surface area contributed by atoms with Crippen LogP contribution < -0.4 is 10.6 Å². The van der Waals surface area contributed by atoms with Crippen LogP contribution in [0.15, 0.2) is 4.99 Å². The van der Waals surface area contributed by atoms with Crippen LogP contribution in [0.2, 0.25) is 0 Å². The highest BCUT2D eigenvalue weighted by atomic mass is 127. The Morgan fingerprint density at radius 3 is 2.59 bits per heavy atom. The molecule has 2 aliphatic rings. The van der Waals surface area contributed by atoms with Crippen LogP contribution in [0.1, 0.15) is 63.5 Å². The molecule has 1 saturated carbocycles. The van der Waals surface area contributed by atoms with Crippen molar-refractivity contribution in [1.82, 2.24) is 30.3 Å². The summed E-state index contributed by atoms with van der Waals surface area (Å²) >= 11 is 0. The van der Waals surface area contributed by atoms with Crippen molar-refractivity contribution in [1.29, 1.82) is 0 Å². The summed E-state index contributed by atoms with van der Waals surface area (Å²) in [5, 5.41) is 15.5. The zero-order chi connectivity index (χ0) is 20.0. The first-order valence-electron chi connectivity index (χ1n) is 10.7. The molecule has 29 heavy (non-hydrogen) atoms. The van der Waals surface area contributed by atoms with Gasteiger partial charge in [-0.1, -0.05) is 19.3 Å². The smallest absolute Gasteiger partial charge is 0.230 e. The first-order valence-corrected chi connectivity index (χ1v) is 10.7. The Kier molecular flexibility index (Phi) is 9.16. The zero-order valence-electron chi connectivity index (χ0n) is 18.0. The molecule has 3 rings (SSSR count). The van der Waals surface area contributed by atoms with Crippen LogP contribution >= 0.6 is 24.0 Å². The van der Waals surface area contributed by atoms with Gasteiger partial charge in [0.05, 0.1) is 5.41 Å². The Morgan fingerprint density at radius 1 is 1.14 bits per heavy atom. The largest absolute Gasteiger partial charge is 0.357 e.